The third-order valence-corrected chi connectivity index (χ3v) is 3.22. The molecule has 0 amide bonds. The van der Waals surface area contributed by atoms with Gasteiger partial charge in [-0.15, -0.1) is 0 Å². The summed E-state index contributed by atoms with van der Waals surface area (Å²) >= 11 is 0. The number of aromatic amines is 1. The highest BCUT2D eigenvalue weighted by atomic mass is 16.5. The lowest BCUT2D eigenvalue weighted by Crippen LogP contribution is -2.09. The second-order valence-electron chi connectivity index (χ2n) is 4.86. The predicted octanol–water partition coefficient (Wildman–Crippen LogP) is 2.63. The van der Waals surface area contributed by atoms with Crippen LogP contribution < -0.4 is 10.1 Å². The van der Waals surface area contributed by atoms with E-state index in [0.717, 1.165) is 29.2 Å². The fourth-order valence-electron chi connectivity index (χ4n) is 2.04. The van der Waals surface area contributed by atoms with Gasteiger partial charge in [0, 0.05) is 17.8 Å². The molecule has 102 valence electrons. The summed E-state index contributed by atoms with van der Waals surface area (Å²) in [6.07, 6.45) is 0. The largest absolute Gasteiger partial charge is 0.487 e. The molecule has 1 heterocycles. The number of hydrogen-bond acceptors (Lipinski definition) is 3. The summed E-state index contributed by atoms with van der Waals surface area (Å²) in [5.74, 6) is 0.927. The van der Waals surface area contributed by atoms with Gasteiger partial charge in [0.1, 0.15) is 18.1 Å². The molecule has 0 radical (unpaired) electrons. The van der Waals surface area contributed by atoms with Crippen LogP contribution >= 0.6 is 0 Å². The third-order valence-electron chi connectivity index (χ3n) is 3.22. The van der Waals surface area contributed by atoms with Gasteiger partial charge in [0.2, 0.25) is 0 Å². The maximum Gasteiger partial charge on any atom is 0.132 e. The Labute approximate surface area is 114 Å². The van der Waals surface area contributed by atoms with E-state index in [1.165, 1.54) is 11.1 Å². The molecule has 0 fully saturated rings. The minimum absolute atomic E-state index is 0.492. The fourth-order valence-corrected chi connectivity index (χ4v) is 2.04. The van der Waals surface area contributed by atoms with Crippen molar-refractivity contribution in [2.75, 3.05) is 7.05 Å². The van der Waals surface area contributed by atoms with Crippen LogP contribution in [0.3, 0.4) is 0 Å². The SMILES string of the molecule is CNCc1c(COc2cc(C)ccc2C)n[nH]c1C. The van der Waals surface area contributed by atoms with Gasteiger partial charge in [-0.3, -0.25) is 5.10 Å². The van der Waals surface area contributed by atoms with Gasteiger partial charge in [-0.05, 0) is 45.0 Å². The van der Waals surface area contributed by atoms with E-state index in [4.69, 9.17) is 4.74 Å². The Morgan fingerprint density at radius 2 is 2.05 bits per heavy atom. The Morgan fingerprint density at radius 3 is 2.79 bits per heavy atom. The highest BCUT2D eigenvalue weighted by Crippen LogP contribution is 2.21. The number of aromatic nitrogens is 2. The van der Waals surface area contributed by atoms with E-state index in [1.54, 1.807) is 0 Å². The smallest absolute Gasteiger partial charge is 0.132 e. The minimum Gasteiger partial charge on any atom is -0.487 e. The molecule has 0 atom stereocenters. The van der Waals surface area contributed by atoms with E-state index in [0.29, 0.717) is 6.61 Å². The van der Waals surface area contributed by atoms with E-state index in [-0.39, 0.29) is 0 Å². The van der Waals surface area contributed by atoms with E-state index in [2.05, 4.69) is 47.6 Å². The Balaban J connectivity index is 2.12. The molecule has 2 rings (SSSR count). The molecule has 1 aromatic heterocycles. The molecule has 0 spiro atoms. The number of nitrogens with zero attached hydrogens (tertiary/aromatic N) is 1. The highest BCUT2D eigenvalue weighted by Gasteiger charge is 2.10. The molecule has 0 saturated heterocycles. The fraction of sp³-hybridized carbons (Fsp3) is 0.400. The Hall–Kier alpha value is -1.81. The first-order chi connectivity index (χ1) is 9.11. The van der Waals surface area contributed by atoms with E-state index in [1.807, 2.05) is 14.0 Å². The van der Waals surface area contributed by atoms with Crippen molar-refractivity contribution in [1.29, 1.82) is 0 Å². The van der Waals surface area contributed by atoms with Crippen molar-refractivity contribution in [3.8, 4) is 5.75 Å². The van der Waals surface area contributed by atoms with Crippen molar-refractivity contribution in [3.05, 3.63) is 46.3 Å². The quantitative estimate of drug-likeness (QED) is 0.868. The number of nitrogens with one attached hydrogen (secondary N) is 2. The lowest BCUT2D eigenvalue weighted by atomic mass is 10.1. The molecule has 4 nitrogen and oxygen atoms in total. The molecule has 2 N–H and O–H groups in total. The van der Waals surface area contributed by atoms with Gasteiger partial charge in [0.05, 0.1) is 0 Å². The van der Waals surface area contributed by atoms with Crippen LogP contribution in [0.4, 0.5) is 0 Å². The predicted molar refractivity (Wildman–Crippen MR) is 76.3 cm³/mol. The summed E-state index contributed by atoms with van der Waals surface area (Å²) < 4.78 is 5.89. The molecule has 0 aliphatic carbocycles. The number of aryl methyl sites for hydroxylation is 3. The summed E-state index contributed by atoms with van der Waals surface area (Å²) in [5, 5.41) is 10.5. The van der Waals surface area contributed by atoms with Crippen molar-refractivity contribution < 1.29 is 4.74 Å². The number of benzene rings is 1. The van der Waals surface area contributed by atoms with Gasteiger partial charge < -0.3 is 10.1 Å². The van der Waals surface area contributed by atoms with Crippen molar-refractivity contribution in [2.24, 2.45) is 0 Å². The zero-order valence-corrected chi connectivity index (χ0v) is 12.0. The second-order valence-corrected chi connectivity index (χ2v) is 4.86. The highest BCUT2D eigenvalue weighted by molar-refractivity contribution is 5.36. The average molecular weight is 259 g/mol. The molecule has 19 heavy (non-hydrogen) atoms. The van der Waals surface area contributed by atoms with Crippen molar-refractivity contribution in [3.63, 3.8) is 0 Å². The normalized spacial score (nSPS) is 10.7. The number of H-pyrrole nitrogens is 1. The Bertz CT molecular complexity index is 561. The molecule has 1 aromatic carbocycles. The molecule has 0 aliphatic heterocycles. The van der Waals surface area contributed by atoms with E-state index >= 15 is 0 Å². The molecular weight excluding hydrogens is 238 g/mol. The summed E-state index contributed by atoms with van der Waals surface area (Å²) in [6, 6.07) is 6.23. The summed E-state index contributed by atoms with van der Waals surface area (Å²) in [4.78, 5) is 0. The zero-order chi connectivity index (χ0) is 13.8. The average Bonchev–Trinajstić information content (AvgIpc) is 2.73. The summed E-state index contributed by atoms with van der Waals surface area (Å²) in [5.41, 5.74) is 5.59. The van der Waals surface area contributed by atoms with Gasteiger partial charge in [0.25, 0.3) is 0 Å². The maximum absolute atomic E-state index is 5.89. The third kappa shape index (κ3) is 3.15. The molecule has 0 unspecified atom stereocenters. The molecule has 2 aromatic rings. The first-order valence-electron chi connectivity index (χ1n) is 6.49. The lowest BCUT2D eigenvalue weighted by Gasteiger charge is -2.10. The number of hydrogen-bond donors (Lipinski definition) is 2. The van der Waals surface area contributed by atoms with Crippen LogP contribution in [-0.4, -0.2) is 17.2 Å². The molecule has 0 aliphatic rings. The molecule has 4 heteroatoms. The Kier molecular flexibility index (Phi) is 4.22. The van der Waals surface area contributed by atoms with Crippen LogP contribution in [0.2, 0.25) is 0 Å². The van der Waals surface area contributed by atoms with Crippen molar-refractivity contribution in [2.45, 2.75) is 33.9 Å². The summed E-state index contributed by atoms with van der Waals surface area (Å²) in [6.45, 7) is 7.44. The van der Waals surface area contributed by atoms with Gasteiger partial charge in [-0.1, -0.05) is 12.1 Å². The van der Waals surface area contributed by atoms with Gasteiger partial charge >= 0.3 is 0 Å². The van der Waals surface area contributed by atoms with Crippen molar-refractivity contribution in [1.82, 2.24) is 15.5 Å². The minimum atomic E-state index is 0.492. The number of ether oxygens (including phenoxy) is 1. The lowest BCUT2D eigenvalue weighted by molar-refractivity contribution is 0.297. The first-order valence-corrected chi connectivity index (χ1v) is 6.49. The van der Waals surface area contributed by atoms with Gasteiger partial charge in [0.15, 0.2) is 0 Å². The maximum atomic E-state index is 5.89. The molecular formula is C15H21N3O. The second kappa shape index (κ2) is 5.89. The molecule has 0 saturated carbocycles. The van der Waals surface area contributed by atoms with Crippen LogP contribution in [0.1, 0.15) is 28.1 Å². The van der Waals surface area contributed by atoms with E-state index in [9.17, 15) is 0 Å². The van der Waals surface area contributed by atoms with Crippen LogP contribution in [0.15, 0.2) is 18.2 Å². The monoisotopic (exact) mass is 259 g/mol. The van der Waals surface area contributed by atoms with Gasteiger partial charge in [-0.2, -0.15) is 5.10 Å². The first kappa shape index (κ1) is 13.6. The topological polar surface area (TPSA) is 49.9 Å². The van der Waals surface area contributed by atoms with Crippen LogP contribution in [0.5, 0.6) is 5.75 Å². The van der Waals surface area contributed by atoms with Crippen molar-refractivity contribution >= 4 is 0 Å². The molecule has 0 bridgehead atoms. The van der Waals surface area contributed by atoms with E-state index < -0.39 is 0 Å². The number of rotatable bonds is 5. The zero-order valence-electron chi connectivity index (χ0n) is 12.0. The summed E-state index contributed by atoms with van der Waals surface area (Å²) in [7, 11) is 1.93. The standard InChI is InChI=1S/C15H21N3O/c1-10-5-6-11(2)15(7-10)19-9-14-13(8-16-4)12(3)17-18-14/h5-7,16H,8-9H2,1-4H3,(H,17,18). The van der Waals surface area contributed by atoms with Gasteiger partial charge in [-0.25, -0.2) is 0 Å². The van der Waals surface area contributed by atoms with Crippen LogP contribution in [0.25, 0.3) is 0 Å². The van der Waals surface area contributed by atoms with Crippen LogP contribution in [0, 0.1) is 20.8 Å². The van der Waals surface area contributed by atoms with Crippen LogP contribution in [-0.2, 0) is 13.2 Å². The Morgan fingerprint density at radius 1 is 1.26 bits per heavy atom.